The van der Waals surface area contributed by atoms with Crippen LogP contribution in [0.25, 0.3) is 0 Å². The SMILES string of the molecule is CC1(C(=O)C(=O)N2CCCCC2C(=O)OCCCCCc2cccnc2)CCCCC1.CC1(C(=O)C(=O)N2CCCCC2C(=O)OCCCCc2cccnc2)CCCCC1.CC1(C(=O)C(=O)N2CCCCC2C(=O)OCCCc2cccnc2)CCCCC1.Cc1ccc(CCCCOC(=O)C2CCCCN2C(=O)C(=O)C2CCCCC2)cc1.Cc1ccc(CCCOC(=O)C2CCCCN2C(=O)C(=O)C2CCCCC2)cc1. The van der Waals surface area contributed by atoms with Crippen LogP contribution in [0, 0.1) is 41.9 Å². The fourth-order valence-electron chi connectivity index (χ4n) is 22.8. The molecule has 5 aromatic rings. The Hall–Kier alpha value is -11.1. The minimum absolute atomic E-state index is 0.161. The molecule has 5 saturated carbocycles. The molecule has 15 rings (SSSR count). The first kappa shape index (κ1) is 118. The molecule has 5 amide bonds. The normalized spacial score (nSPS) is 20.7. The molecule has 0 N–H and O–H groups in total. The number of ether oxygens (including phenoxy) is 5. The summed E-state index contributed by atoms with van der Waals surface area (Å²) in [5.74, 6) is -6.12. The second kappa shape index (κ2) is 62.7. The van der Waals surface area contributed by atoms with E-state index in [2.05, 4.69) is 83.4 Å². The van der Waals surface area contributed by atoms with Crippen molar-refractivity contribution in [3.8, 4) is 0 Å². The highest BCUT2D eigenvalue weighted by atomic mass is 16.6. The minimum Gasteiger partial charge on any atom is -0.464 e. The van der Waals surface area contributed by atoms with Gasteiger partial charge in [-0.3, -0.25) is 62.9 Å². The van der Waals surface area contributed by atoms with Crippen LogP contribution < -0.4 is 0 Å². The first-order valence-corrected chi connectivity index (χ1v) is 57.0. The third-order valence-electron chi connectivity index (χ3n) is 32.3. The van der Waals surface area contributed by atoms with Gasteiger partial charge in [-0.25, -0.2) is 24.0 Å². The molecule has 5 aliphatic heterocycles. The highest BCUT2D eigenvalue weighted by Crippen LogP contribution is 2.42. The molecule has 814 valence electrons. The fourth-order valence-corrected chi connectivity index (χ4v) is 22.8. The Morgan fingerprint density at radius 3 is 0.758 bits per heavy atom. The van der Waals surface area contributed by atoms with Gasteiger partial charge in [-0.15, -0.1) is 0 Å². The van der Waals surface area contributed by atoms with E-state index in [-0.39, 0.29) is 70.6 Å². The number of amides is 5. The molecule has 0 spiro atoms. The van der Waals surface area contributed by atoms with Gasteiger partial charge in [-0.05, 0) is 310 Å². The number of aromatic nitrogens is 3. The molecule has 5 aliphatic carbocycles. The lowest BCUT2D eigenvalue weighted by Gasteiger charge is -2.37. The zero-order chi connectivity index (χ0) is 106. The zero-order valence-electron chi connectivity index (χ0n) is 90.1. The van der Waals surface area contributed by atoms with E-state index >= 15 is 0 Å². The maximum Gasteiger partial charge on any atom is 0.328 e. The number of piperidine rings is 5. The van der Waals surface area contributed by atoms with E-state index in [4.69, 9.17) is 23.7 Å². The van der Waals surface area contributed by atoms with Crippen LogP contribution in [-0.4, -0.2) is 224 Å². The second-order valence-electron chi connectivity index (χ2n) is 44.1. The number of esters is 5. The molecule has 10 aliphatic rings. The zero-order valence-corrected chi connectivity index (χ0v) is 90.1. The predicted octanol–water partition coefficient (Wildman–Crippen LogP) is 20.0. The van der Waals surface area contributed by atoms with E-state index < -0.39 is 76.0 Å². The molecule has 8 heterocycles. The van der Waals surface area contributed by atoms with Crippen LogP contribution in [0.4, 0.5) is 0 Å². The summed E-state index contributed by atoms with van der Waals surface area (Å²) < 4.78 is 27.5. The van der Waals surface area contributed by atoms with Crippen molar-refractivity contribution in [2.24, 2.45) is 28.1 Å². The number of ketones is 5. The molecule has 0 radical (unpaired) electrons. The lowest BCUT2D eigenvalue weighted by Crippen LogP contribution is -2.53. The van der Waals surface area contributed by atoms with Gasteiger partial charge < -0.3 is 48.2 Å². The van der Waals surface area contributed by atoms with Gasteiger partial charge in [-0.2, -0.15) is 0 Å². The molecular weight excluding hydrogens is 1890 g/mol. The quantitative estimate of drug-likeness (QED) is 0.0153. The first-order valence-electron chi connectivity index (χ1n) is 57.0. The van der Waals surface area contributed by atoms with Gasteiger partial charge in [0.1, 0.15) is 30.2 Å². The Morgan fingerprint density at radius 1 is 0.255 bits per heavy atom. The molecule has 28 heteroatoms. The molecule has 2 aromatic carbocycles. The topological polar surface area (TPSA) is 357 Å². The molecule has 5 saturated heterocycles. The number of carbonyl (C=O) groups is 15. The summed E-state index contributed by atoms with van der Waals surface area (Å²) in [7, 11) is 0. The summed E-state index contributed by atoms with van der Waals surface area (Å²) in [6, 6.07) is 25.6. The van der Waals surface area contributed by atoms with E-state index in [1.807, 2.05) is 63.5 Å². The van der Waals surface area contributed by atoms with E-state index in [0.29, 0.717) is 104 Å². The first-order chi connectivity index (χ1) is 72.1. The number of carbonyl (C=O) groups excluding carboxylic acids is 15. The standard InChI is InChI=1S/C25H36N2O4.C25H35NO4.C24H34N2O4.C24H33NO4.C23H32N2O4/c1-25(14-6-3-7-15-25)22(28)23(29)27-17-8-5-13-21(27)24(30)31-18-9-2-4-11-20-12-10-16-26-19-20;1-19-13-15-20(16-14-19)9-6-8-18-30-25(29)22-12-5-7-17-26(22)24(28)23(27)21-10-3-2-4-11-21;1-24(13-5-2-6-14-24)21(27)22(28)26-16-7-3-12-20(26)23(29)30-17-8-4-10-19-11-9-15-25-18-19;1-18-12-14-19(15-13-18)8-7-17-29-24(28)21-11-5-6-16-25(21)23(27)22(26)20-9-3-2-4-10-20;1-23(12-4-2-5-13-23)20(26)21(27)25-15-6-3-11-19(25)22(28)29-16-8-10-18-9-7-14-24-17-18/h10,12,16,19,21H,2-9,11,13-15,17-18H2,1H3;13-16,21-22H,2-12,17-18H2,1H3;9,11,15,18,20H,2-8,10,12-14,16-17H2,1H3;12-15,20-21H,2-11,16-17H2,1H3;7,9,14,17,19H,2-6,8,10-13,15-16H2,1H3. The van der Waals surface area contributed by atoms with Crippen molar-refractivity contribution < 1.29 is 95.6 Å². The Labute approximate surface area is 884 Å². The Morgan fingerprint density at radius 2 is 0.483 bits per heavy atom. The van der Waals surface area contributed by atoms with Crippen LogP contribution >= 0.6 is 0 Å². The monoisotopic (exact) mass is 2060 g/mol. The Balaban J connectivity index is 0.000000177. The summed E-state index contributed by atoms with van der Waals surface area (Å²) in [4.78, 5) is 212. The summed E-state index contributed by atoms with van der Waals surface area (Å²) >= 11 is 0. The maximum absolute atomic E-state index is 13.0. The van der Waals surface area contributed by atoms with E-state index in [0.717, 1.165) is 314 Å². The summed E-state index contributed by atoms with van der Waals surface area (Å²) in [5, 5.41) is 0. The third-order valence-corrected chi connectivity index (χ3v) is 32.3. The van der Waals surface area contributed by atoms with Crippen molar-refractivity contribution in [3.63, 3.8) is 0 Å². The average Bonchev–Trinajstić information content (AvgIpc) is 0.802. The summed E-state index contributed by atoms with van der Waals surface area (Å²) in [6.45, 7) is 13.9. The largest absolute Gasteiger partial charge is 0.464 e. The highest BCUT2D eigenvalue weighted by molar-refractivity contribution is 6.40. The number of pyridine rings is 3. The van der Waals surface area contributed by atoms with Crippen LogP contribution in [-0.2, 0) is 128 Å². The van der Waals surface area contributed by atoms with Crippen molar-refractivity contribution in [2.45, 2.75) is 412 Å². The molecule has 0 bridgehead atoms. The number of likely N-dealkylation sites (tertiary alicyclic amines) is 5. The van der Waals surface area contributed by atoms with Crippen LogP contribution in [0.1, 0.15) is 374 Å². The second-order valence-corrected chi connectivity index (χ2v) is 44.1. The lowest BCUT2D eigenvalue weighted by atomic mass is 9.72. The average molecular weight is 2060 g/mol. The number of benzene rings is 2. The summed E-state index contributed by atoms with van der Waals surface area (Å²) in [6.07, 6.45) is 57.6. The van der Waals surface area contributed by atoms with E-state index in [9.17, 15) is 71.9 Å². The Kier molecular flexibility index (Phi) is 49.7. The number of Topliss-reactive ketones (excluding diaryl/α,β-unsaturated/α-hetero) is 5. The van der Waals surface area contributed by atoms with Gasteiger partial charge >= 0.3 is 29.8 Å². The number of hydrogen-bond acceptors (Lipinski definition) is 23. The van der Waals surface area contributed by atoms with Crippen molar-refractivity contribution in [2.75, 3.05) is 65.8 Å². The van der Waals surface area contributed by atoms with Crippen molar-refractivity contribution in [1.29, 1.82) is 0 Å². The number of unbranched alkanes of at least 4 members (excludes halogenated alkanes) is 4. The minimum atomic E-state index is -0.634. The predicted molar refractivity (Wildman–Crippen MR) is 568 cm³/mol. The number of nitrogens with zero attached hydrogens (tertiary/aromatic N) is 8. The van der Waals surface area contributed by atoms with Crippen LogP contribution in [0.3, 0.4) is 0 Å². The van der Waals surface area contributed by atoms with Crippen molar-refractivity contribution >= 4 is 88.3 Å². The molecule has 10 fully saturated rings. The Bertz CT molecular complexity index is 5060. The van der Waals surface area contributed by atoms with Gasteiger partial charge in [0.25, 0.3) is 29.5 Å². The molecular formula is C121H170N8O20. The van der Waals surface area contributed by atoms with Gasteiger partial charge in [-0.1, -0.05) is 195 Å². The van der Waals surface area contributed by atoms with Crippen LogP contribution in [0.2, 0.25) is 0 Å². The van der Waals surface area contributed by atoms with Crippen LogP contribution in [0.15, 0.2) is 122 Å². The molecule has 149 heavy (non-hydrogen) atoms. The maximum atomic E-state index is 13.0. The van der Waals surface area contributed by atoms with Gasteiger partial charge in [0.05, 0.1) is 33.0 Å². The van der Waals surface area contributed by atoms with Gasteiger partial charge in [0.15, 0.2) is 0 Å². The van der Waals surface area contributed by atoms with Gasteiger partial charge in [0.2, 0.25) is 28.9 Å². The third kappa shape index (κ3) is 37.2. The van der Waals surface area contributed by atoms with Crippen molar-refractivity contribution in [1.82, 2.24) is 39.5 Å². The molecule has 3 aromatic heterocycles. The van der Waals surface area contributed by atoms with Crippen LogP contribution in [0.5, 0.6) is 0 Å². The molecule has 28 nitrogen and oxygen atoms in total. The van der Waals surface area contributed by atoms with E-state index in [1.54, 1.807) is 24.8 Å². The highest BCUT2D eigenvalue weighted by Gasteiger charge is 2.49. The molecule has 5 atom stereocenters. The van der Waals surface area contributed by atoms with Crippen molar-refractivity contribution in [3.05, 3.63) is 161 Å². The number of rotatable bonds is 39. The molecule has 5 unspecified atom stereocenters. The van der Waals surface area contributed by atoms with Gasteiger partial charge in [0, 0.05) is 98.0 Å². The van der Waals surface area contributed by atoms with E-state index in [1.165, 1.54) is 57.9 Å². The lowest BCUT2D eigenvalue weighted by molar-refractivity contribution is -0.161. The summed E-state index contributed by atoms with van der Waals surface area (Å²) in [5.41, 5.74) is 6.75. The smallest absolute Gasteiger partial charge is 0.328 e. The fraction of sp³-hybridized carbons (Fsp3) is 0.653. The number of hydrogen-bond donors (Lipinski definition) is 0. The number of aryl methyl sites for hydroxylation is 7.